The van der Waals surface area contributed by atoms with Gasteiger partial charge in [0.15, 0.2) is 0 Å². The summed E-state index contributed by atoms with van der Waals surface area (Å²) in [7, 11) is 0. The molecule has 0 fully saturated rings. The zero-order chi connectivity index (χ0) is 8.53. The lowest BCUT2D eigenvalue weighted by Gasteiger charge is -1.92. The summed E-state index contributed by atoms with van der Waals surface area (Å²) in [4.78, 5) is 5.91. The highest BCUT2D eigenvalue weighted by atomic mass is 16.6. The summed E-state index contributed by atoms with van der Waals surface area (Å²) in [5, 5.41) is 0. The van der Waals surface area contributed by atoms with Crippen molar-refractivity contribution >= 4 is 0 Å². The smallest absolute Gasteiger partial charge is 0.146 e. The van der Waals surface area contributed by atoms with Gasteiger partial charge < -0.3 is 15.9 Å². The van der Waals surface area contributed by atoms with Crippen LogP contribution in [0.15, 0.2) is 30.3 Å². The van der Waals surface area contributed by atoms with Crippen molar-refractivity contribution in [3.05, 3.63) is 46.3 Å². The number of hydrogen-bond donors (Lipinski definition) is 1. The van der Waals surface area contributed by atoms with Gasteiger partial charge in [-0.1, -0.05) is 18.2 Å². The van der Waals surface area contributed by atoms with Gasteiger partial charge in [0, 0.05) is 0 Å². The predicted octanol–water partition coefficient (Wildman–Crippen LogP) is 1.81. The van der Waals surface area contributed by atoms with E-state index < -0.39 is 0 Å². The molecular weight excluding hydrogens is 144 g/mol. The van der Waals surface area contributed by atoms with Crippen LogP contribution in [0.1, 0.15) is 0 Å². The van der Waals surface area contributed by atoms with Crippen LogP contribution in [0.2, 0.25) is 0 Å². The topological polar surface area (TPSA) is 94.0 Å². The van der Waals surface area contributed by atoms with Gasteiger partial charge in [0.1, 0.15) is 5.75 Å². The Bertz CT molecular complexity index is 217. The molecule has 0 aliphatic heterocycles. The molecule has 0 spiro atoms. The van der Waals surface area contributed by atoms with Gasteiger partial charge >= 0.3 is 0 Å². The minimum Gasteiger partial charge on any atom is -0.412 e. The van der Waals surface area contributed by atoms with Crippen molar-refractivity contribution in [1.82, 2.24) is 0 Å². The number of hydrogen-bond acceptors (Lipinski definition) is 2. The highest BCUT2D eigenvalue weighted by Gasteiger charge is 1.81. The van der Waals surface area contributed by atoms with Crippen LogP contribution in [0.5, 0.6) is 5.75 Å². The highest BCUT2D eigenvalue weighted by Crippen LogP contribution is 2.04. The van der Waals surface area contributed by atoms with Crippen molar-refractivity contribution in [2.45, 2.75) is 0 Å². The molecule has 0 aromatic heterocycles. The fourth-order valence-electron chi connectivity index (χ4n) is 0.499. The molecule has 0 saturated heterocycles. The van der Waals surface area contributed by atoms with E-state index in [2.05, 4.69) is 4.84 Å². The van der Waals surface area contributed by atoms with Crippen LogP contribution in [0, 0.1) is 0 Å². The first-order chi connectivity index (χ1) is 5.35. The van der Waals surface area contributed by atoms with Crippen molar-refractivity contribution in [3.8, 4) is 5.75 Å². The molecule has 0 atom stereocenters. The lowest BCUT2D eigenvalue weighted by Crippen LogP contribution is -2.00. The maximum atomic E-state index is 6.75. The van der Waals surface area contributed by atoms with Crippen molar-refractivity contribution in [3.63, 3.8) is 0 Å². The van der Waals surface area contributed by atoms with Gasteiger partial charge in [0.25, 0.3) is 0 Å². The lowest BCUT2D eigenvalue weighted by molar-refractivity contribution is 0.334. The second-order valence-corrected chi connectivity index (χ2v) is 1.52. The summed E-state index contributed by atoms with van der Waals surface area (Å²) in [5.41, 5.74) is 13.5. The van der Waals surface area contributed by atoms with Crippen LogP contribution in [-0.2, 0) is 0 Å². The van der Waals surface area contributed by atoms with Crippen LogP contribution >= 0.6 is 0 Å². The van der Waals surface area contributed by atoms with E-state index in [1.165, 1.54) is 4.91 Å². The monoisotopic (exact) mass is 151 g/mol. The van der Waals surface area contributed by atoms with E-state index in [0.717, 1.165) is 0 Å². The summed E-state index contributed by atoms with van der Waals surface area (Å²) in [5.74, 6) is 5.54. The van der Waals surface area contributed by atoms with E-state index >= 15 is 0 Å². The molecule has 11 heavy (non-hydrogen) atoms. The first-order valence-electron chi connectivity index (χ1n) is 2.75. The molecule has 0 aliphatic carbocycles. The van der Waals surface area contributed by atoms with E-state index in [0.29, 0.717) is 5.75 Å². The van der Waals surface area contributed by atoms with Gasteiger partial charge in [-0.05, 0) is 12.1 Å². The number of nitrogens with zero attached hydrogens (tertiary/aromatic N) is 3. The molecule has 5 nitrogen and oxygen atoms in total. The van der Waals surface area contributed by atoms with Crippen LogP contribution < -0.4 is 10.7 Å². The third-order valence-corrected chi connectivity index (χ3v) is 0.879. The van der Waals surface area contributed by atoms with Gasteiger partial charge in [0.05, 0.1) is 0 Å². The zero-order valence-corrected chi connectivity index (χ0v) is 5.71. The van der Waals surface area contributed by atoms with Crippen molar-refractivity contribution in [1.29, 1.82) is 0 Å². The highest BCUT2D eigenvalue weighted by molar-refractivity contribution is 5.20. The van der Waals surface area contributed by atoms with Crippen molar-refractivity contribution in [2.24, 2.45) is 5.90 Å². The Balaban J connectivity index is 0.000000292. The van der Waals surface area contributed by atoms with Crippen LogP contribution in [0.3, 0.4) is 0 Å². The van der Waals surface area contributed by atoms with Crippen LogP contribution in [0.25, 0.3) is 16.0 Å². The average molecular weight is 151 g/mol. The number of benzene rings is 1. The van der Waals surface area contributed by atoms with E-state index in [-0.39, 0.29) is 0 Å². The molecule has 0 heterocycles. The summed E-state index contributed by atoms with van der Waals surface area (Å²) in [6, 6.07) is 9.22. The van der Waals surface area contributed by atoms with Crippen LogP contribution in [-0.4, -0.2) is 0 Å². The third kappa shape index (κ3) is 4.77. The van der Waals surface area contributed by atoms with Gasteiger partial charge in [-0.25, -0.2) is 0 Å². The molecule has 0 radical (unpaired) electrons. The first kappa shape index (κ1) is 9.29. The largest absolute Gasteiger partial charge is 0.412 e. The standard InChI is InChI=1S/C6H7NO.N3/c7-8-6-4-2-1-3-5-6;1-3-2/h1-5H,7H2;/q;-1. The molecule has 0 bridgehead atoms. The van der Waals surface area contributed by atoms with Gasteiger partial charge in [-0.15, -0.1) is 0 Å². The predicted molar refractivity (Wildman–Crippen MR) is 41.3 cm³/mol. The molecule has 0 aliphatic rings. The molecular formula is C6H7N4O-. The van der Waals surface area contributed by atoms with Crippen molar-refractivity contribution < 1.29 is 4.84 Å². The average Bonchev–Trinajstić information content (AvgIpc) is 2.08. The zero-order valence-electron chi connectivity index (χ0n) is 5.71. The summed E-state index contributed by atoms with van der Waals surface area (Å²) < 4.78 is 0. The second-order valence-electron chi connectivity index (χ2n) is 1.52. The molecule has 1 aromatic rings. The second kappa shape index (κ2) is 6.41. The molecule has 2 N–H and O–H groups in total. The third-order valence-electron chi connectivity index (χ3n) is 0.879. The number of para-hydroxylation sites is 1. The SMILES string of the molecule is NOc1ccccc1.[N-]=[N+]=[N-]. The van der Waals surface area contributed by atoms with E-state index in [9.17, 15) is 0 Å². The minimum absolute atomic E-state index is 0.688. The minimum atomic E-state index is 0.688. The molecule has 0 saturated carbocycles. The van der Waals surface area contributed by atoms with E-state index in [4.69, 9.17) is 17.0 Å². The first-order valence-corrected chi connectivity index (χ1v) is 2.75. The van der Waals surface area contributed by atoms with Gasteiger partial charge in [-0.2, -0.15) is 5.90 Å². The Morgan fingerprint density at radius 3 is 1.91 bits per heavy atom. The lowest BCUT2D eigenvalue weighted by atomic mass is 10.3. The molecule has 0 unspecified atom stereocenters. The Hall–Kier alpha value is -1.71. The van der Waals surface area contributed by atoms with Gasteiger partial charge in [0.2, 0.25) is 0 Å². The summed E-state index contributed by atoms with van der Waals surface area (Å²) >= 11 is 0. The molecule has 5 heteroatoms. The van der Waals surface area contributed by atoms with E-state index in [1.54, 1.807) is 12.1 Å². The Kier molecular flexibility index (Phi) is 5.41. The molecule has 58 valence electrons. The Morgan fingerprint density at radius 1 is 1.18 bits per heavy atom. The van der Waals surface area contributed by atoms with E-state index in [1.807, 2.05) is 18.2 Å². The quantitative estimate of drug-likeness (QED) is 0.286. The molecule has 1 aromatic carbocycles. The fraction of sp³-hybridized carbons (Fsp3) is 0. The maximum Gasteiger partial charge on any atom is 0.146 e. The fourth-order valence-corrected chi connectivity index (χ4v) is 0.499. The molecule has 0 amide bonds. The van der Waals surface area contributed by atoms with Gasteiger partial charge in [-0.3, -0.25) is 4.91 Å². The van der Waals surface area contributed by atoms with Crippen LogP contribution in [0.4, 0.5) is 0 Å². The Labute approximate surface area is 63.8 Å². The maximum absolute atomic E-state index is 6.75. The molecule has 1 rings (SSSR count). The normalized spacial score (nSPS) is 7.00. The number of nitrogens with two attached hydrogens (primary N) is 1. The number of rotatable bonds is 1. The van der Waals surface area contributed by atoms with Crippen molar-refractivity contribution in [2.75, 3.05) is 0 Å². The summed E-state index contributed by atoms with van der Waals surface area (Å²) in [6.45, 7) is 0. The Morgan fingerprint density at radius 2 is 1.64 bits per heavy atom. The summed E-state index contributed by atoms with van der Waals surface area (Å²) in [6.07, 6.45) is 0.